The van der Waals surface area contributed by atoms with Gasteiger partial charge in [0.05, 0.1) is 19.3 Å². The fourth-order valence-corrected chi connectivity index (χ4v) is 3.00. The van der Waals surface area contributed by atoms with Crippen LogP contribution in [0.1, 0.15) is 56.8 Å². The summed E-state index contributed by atoms with van der Waals surface area (Å²) >= 11 is 0. The minimum absolute atomic E-state index is 0.167. The predicted octanol–water partition coefficient (Wildman–Crippen LogP) is 2.28. The topological polar surface area (TPSA) is 50.1 Å². The molecular weight excluding hydrogens is 238 g/mol. The first-order valence-corrected chi connectivity index (χ1v) is 7.68. The van der Waals surface area contributed by atoms with E-state index in [4.69, 9.17) is 5.11 Å². The summed E-state index contributed by atoms with van der Waals surface area (Å²) in [4.78, 5) is 0. The van der Waals surface area contributed by atoms with Gasteiger partial charge in [0, 0.05) is 17.3 Å². The molecule has 1 heterocycles. The minimum atomic E-state index is 0.167. The van der Waals surface area contributed by atoms with Gasteiger partial charge in [0.25, 0.3) is 0 Å². The van der Waals surface area contributed by atoms with E-state index in [1.165, 1.54) is 36.9 Å². The van der Waals surface area contributed by atoms with Gasteiger partial charge in [-0.15, -0.1) is 0 Å². The minimum Gasteiger partial charge on any atom is -0.394 e. The fourth-order valence-electron chi connectivity index (χ4n) is 3.00. The van der Waals surface area contributed by atoms with Crippen molar-refractivity contribution in [3.63, 3.8) is 0 Å². The van der Waals surface area contributed by atoms with Gasteiger partial charge in [0.1, 0.15) is 0 Å². The molecule has 0 saturated heterocycles. The number of fused-ring (bicyclic) bond motifs is 1. The zero-order chi connectivity index (χ0) is 13.7. The van der Waals surface area contributed by atoms with E-state index in [-0.39, 0.29) is 6.61 Å². The Morgan fingerprint density at radius 3 is 2.95 bits per heavy atom. The van der Waals surface area contributed by atoms with E-state index in [1.807, 2.05) is 10.9 Å². The number of rotatable bonds is 7. The van der Waals surface area contributed by atoms with E-state index < -0.39 is 0 Å². The third-order valence-corrected chi connectivity index (χ3v) is 4.38. The maximum atomic E-state index is 9.07. The number of nitrogens with one attached hydrogen (secondary N) is 1. The van der Waals surface area contributed by atoms with E-state index in [0.29, 0.717) is 12.6 Å². The Morgan fingerprint density at radius 2 is 2.26 bits per heavy atom. The lowest BCUT2D eigenvalue weighted by Gasteiger charge is -2.26. The van der Waals surface area contributed by atoms with Crippen molar-refractivity contribution in [2.24, 2.45) is 5.92 Å². The van der Waals surface area contributed by atoms with Crippen molar-refractivity contribution in [2.75, 3.05) is 13.2 Å². The van der Waals surface area contributed by atoms with E-state index in [9.17, 15) is 0 Å². The van der Waals surface area contributed by atoms with Crippen LogP contribution in [0.15, 0.2) is 6.20 Å². The molecule has 1 aromatic rings. The molecule has 19 heavy (non-hydrogen) atoms. The fraction of sp³-hybridized carbons (Fsp3) is 0.800. The second-order valence-corrected chi connectivity index (χ2v) is 5.53. The Hall–Kier alpha value is -0.870. The third kappa shape index (κ3) is 3.37. The number of nitrogens with zero attached hydrogens (tertiary/aromatic N) is 2. The molecule has 2 N–H and O–H groups in total. The monoisotopic (exact) mass is 265 g/mol. The van der Waals surface area contributed by atoms with Crippen LogP contribution in [0, 0.1) is 5.92 Å². The summed E-state index contributed by atoms with van der Waals surface area (Å²) < 4.78 is 1.97. The highest BCUT2D eigenvalue weighted by Crippen LogP contribution is 2.29. The van der Waals surface area contributed by atoms with E-state index in [1.54, 1.807) is 0 Å². The number of aliphatic hydroxyl groups is 1. The number of hydrogen-bond donors (Lipinski definition) is 2. The lowest BCUT2D eigenvalue weighted by atomic mass is 9.92. The molecule has 108 valence electrons. The van der Waals surface area contributed by atoms with Crippen LogP contribution in [0.4, 0.5) is 0 Å². The molecule has 1 aliphatic rings. The molecule has 0 spiro atoms. The van der Waals surface area contributed by atoms with Gasteiger partial charge in [-0.2, -0.15) is 5.10 Å². The summed E-state index contributed by atoms with van der Waals surface area (Å²) in [6.07, 6.45) is 8.00. The second-order valence-electron chi connectivity index (χ2n) is 5.53. The smallest absolute Gasteiger partial charge is 0.0644 e. The summed E-state index contributed by atoms with van der Waals surface area (Å²) in [6.45, 7) is 6.42. The van der Waals surface area contributed by atoms with Crippen molar-refractivity contribution in [3.8, 4) is 0 Å². The molecule has 4 heteroatoms. The highest BCUT2D eigenvalue weighted by atomic mass is 16.3. The zero-order valence-electron chi connectivity index (χ0n) is 12.2. The lowest BCUT2D eigenvalue weighted by molar-refractivity contribution is 0.266. The summed E-state index contributed by atoms with van der Waals surface area (Å²) in [5.41, 5.74) is 2.67. The first-order valence-electron chi connectivity index (χ1n) is 7.68. The van der Waals surface area contributed by atoms with Gasteiger partial charge in [-0.3, -0.25) is 4.68 Å². The number of aromatic nitrogens is 2. The Labute approximate surface area is 116 Å². The summed E-state index contributed by atoms with van der Waals surface area (Å²) in [7, 11) is 0. The summed E-state index contributed by atoms with van der Waals surface area (Å²) in [5.74, 6) is 0.776. The SMILES string of the molecule is CCC(CC)CNC1CCCc2c1cnn2CCO. The Balaban J connectivity index is 2.01. The molecule has 0 radical (unpaired) electrons. The molecule has 0 saturated carbocycles. The average molecular weight is 265 g/mol. The van der Waals surface area contributed by atoms with Crippen LogP contribution in [0.5, 0.6) is 0 Å². The average Bonchev–Trinajstić information content (AvgIpc) is 2.85. The van der Waals surface area contributed by atoms with Crippen molar-refractivity contribution >= 4 is 0 Å². The molecule has 0 fully saturated rings. The second kappa shape index (κ2) is 7.06. The van der Waals surface area contributed by atoms with Crippen molar-refractivity contribution in [3.05, 3.63) is 17.5 Å². The molecule has 0 bridgehead atoms. The van der Waals surface area contributed by atoms with Crippen LogP contribution in [0.25, 0.3) is 0 Å². The maximum Gasteiger partial charge on any atom is 0.0644 e. The Bertz CT molecular complexity index is 385. The van der Waals surface area contributed by atoms with Crippen molar-refractivity contribution in [2.45, 2.75) is 58.5 Å². The lowest BCUT2D eigenvalue weighted by Crippen LogP contribution is -2.29. The first kappa shape index (κ1) is 14.5. The van der Waals surface area contributed by atoms with Gasteiger partial charge in [-0.1, -0.05) is 26.7 Å². The maximum absolute atomic E-state index is 9.07. The van der Waals surface area contributed by atoms with Crippen LogP contribution >= 0.6 is 0 Å². The van der Waals surface area contributed by atoms with Gasteiger partial charge in [0.2, 0.25) is 0 Å². The predicted molar refractivity (Wildman–Crippen MR) is 77.1 cm³/mol. The molecule has 1 atom stereocenters. The van der Waals surface area contributed by atoms with E-state index in [2.05, 4.69) is 24.3 Å². The van der Waals surface area contributed by atoms with Gasteiger partial charge in [-0.25, -0.2) is 0 Å². The van der Waals surface area contributed by atoms with Crippen molar-refractivity contribution in [1.29, 1.82) is 0 Å². The first-order chi connectivity index (χ1) is 9.30. The molecule has 1 aliphatic carbocycles. The molecule has 2 rings (SSSR count). The normalized spacial score (nSPS) is 18.8. The van der Waals surface area contributed by atoms with Gasteiger partial charge in [0.15, 0.2) is 0 Å². The summed E-state index contributed by atoms with van der Waals surface area (Å²) in [6, 6.07) is 0.455. The molecule has 0 aromatic carbocycles. The van der Waals surface area contributed by atoms with E-state index in [0.717, 1.165) is 18.9 Å². The quantitative estimate of drug-likeness (QED) is 0.795. The molecule has 1 unspecified atom stereocenters. The molecule has 0 amide bonds. The molecular formula is C15H27N3O. The highest BCUT2D eigenvalue weighted by molar-refractivity contribution is 5.24. The van der Waals surface area contributed by atoms with Crippen LogP contribution in [-0.2, 0) is 13.0 Å². The van der Waals surface area contributed by atoms with Crippen LogP contribution < -0.4 is 5.32 Å². The molecule has 4 nitrogen and oxygen atoms in total. The largest absolute Gasteiger partial charge is 0.394 e. The van der Waals surface area contributed by atoms with Gasteiger partial charge >= 0.3 is 0 Å². The Kier molecular flexibility index (Phi) is 5.40. The van der Waals surface area contributed by atoms with Crippen molar-refractivity contribution in [1.82, 2.24) is 15.1 Å². The van der Waals surface area contributed by atoms with E-state index >= 15 is 0 Å². The number of aliphatic hydroxyl groups excluding tert-OH is 1. The Morgan fingerprint density at radius 1 is 1.47 bits per heavy atom. The summed E-state index contributed by atoms with van der Waals surface area (Å²) in [5, 5.41) is 17.2. The highest BCUT2D eigenvalue weighted by Gasteiger charge is 2.24. The molecule has 0 aliphatic heterocycles. The van der Waals surface area contributed by atoms with Gasteiger partial charge in [-0.05, 0) is 31.7 Å². The molecule has 1 aromatic heterocycles. The van der Waals surface area contributed by atoms with Crippen LogP contribution in [-0.4, -0.2) is 28.0 Å². The van der Waals surface area contributed by atoms with Crippen LogP contribution in [0.2, 0.25) is 0 Å². The zero-order valence-corrected chi connectivity index (χ0v) is 12.2. The standard InChI is InChI=1S/C15H27N3O/c1-3-12(4-2)10-16-14-6-5-7-15-13(14)11-17-18(15)8-9-19/h11-12,14,16,19H,3-10H2,1-2H3. The van der Waals surface area contributed by atoms with Crippen LogP contribution in [0.3, 0.4) is 0 Å². The van der Waals surface area contributed by atoms with Crippen molar-refractivity contribution < 1.29 is 5.11 Å². The third-order valence-electron chi connectivity index (χ3n) is 4.38. The van der Waals surface area contributed by atoms with Gasteiger partial charge < -0.3 is 10.4 Å². The number of hydrogen-bond acceptors (Lipinski definition) is 3.